The molecule has 7 nitrogen and oxygen atoms in total. The Balaban J connectivity index is 2.06. The Morgan fingerprint density at radius 3 is 2.72 bits per heavy atom. The van der Waals surface area contributed by atoms with Gasteiger partial charge in [-0.15, -0.1) is 0 Å². The summed E-state index contributed by atoms with van der Waals surface area (Å²) in [7, 11) is 0. The number of aryl methyl sites for hydroxylation is 1. The second-order valence-corrected chi connectivity index (χ2v) is 7.33. The molecule has 3 heterocycles. The summed E-state index contributed by atoms with van der Waals surface area (Å²) in [5.41, 5.74) is 0.369. The minimum absolute atomic E-state index is 0.0495. The Kier molecular flexibility index (Phi) is 5.90. The highest BCUT2D eigenvalue weighted by atomic mass is 19.1. The molecule has 0 aliphatic carbocycles. The van der Waals surface area contributed by atoms with Crippen LogP contribution in [-0.4, -0.2) is 19.9 Å². The van der Waals surface area contributed by atoms with Gasteiger partial charge in [-0.3, -0.25) is 14.0 Å². The number of unbranched alkanes of at least 4 members (excludes halogenated alkanes) is 2. The lowest BCUT2D eigenvalue weighted by Gasteiger charge is -2.13. The second kappa shape index (κ2) is 8.94. The number of nitrogens with zero attached hydrogens (tertiary/aromatic N) is 5. The van der Waals surface area contributed by atoms with Gasteiger partial charge in [-0.2, -0.15) is 10.3 Å². The van der Waals surface area contributed by atoms with E-state index in [1.54, 1.807) is 35.0 Å². The summed E-state index contributed by atoms with van der Waals surface area (Å²) < 4.78 is 17.2. The van der Waals surface area contributed by atoms with Gasteiger partial charge in [0.05, 0.1) is 16.5 Å². The summed E-state index contributed by atoms with van der Waals surface area (Å²) in [4.78, 5) is 34.6. The summed E-state index contributed by atoms with van der Waals surface area (Å²) in [6.07, 6.45) is 4.20. The van der Waals surface area contributed by atoms with Gasteiger partial charge in [0.15, 0.2) is 5.49 Å². The third-order valence-electron chi connectivity index (χ3n) is 5.21. The zero-order chi connectivity index (χ0) is 22.7. The SMILES string of the molecule is CCCCCn1c(=NC(=O)c2ccccc2F)c(C#N)cc2c(=O)n3ccccc3nc21. The summed E-state index contributed by atoms with van der Waals surface area (Å²) in [6.45, 7) is 2.46. The van der Waals surface area contributed by atoms with Crippen molar-refractivity contribution in [1.29, 1.82) is 5.26 Å². The topological polar surface area (TPSA) is 92.5 Å². The van der Waals surface area contributed by atoms with Crippen LogP contribution in [0.4, 0.5) is 4.39 Å². The fourth-order valence-corrected chi connectivity index (χ4v) is 3.60. The van der Waals surface area contributed by atoms with Gasteiger partial charge in [0, 0.05) is 12.7 Å². The fourth-order valence-electron chi connectivity index (χ4n) is 3.60. The zero-order valence-corrected chi connectivity index (χ0v) is 17.5. The zero-order valence-electron chi connectivity index (χ0n) is 17.5. The number of fused-ring (bicyclic) bond motifs is 2. The number of hydrogen-bond donors (Lipinski definition) is 0. The average molecular weight is 429 g/mol. The van der Waals surface area contributed by atoms with Crippen molar-refractivity contribution in [2.45, 2.75) is 32.7 Å². The van der Waals surface area contributed by atoms with E-state index in [1.807, 2.05) is 6.07 Å². The van der Waals surface area contributed by atoms with E-state index in [-0.39, 0.29) is 27.6 Å². The van der Waals surface area contributed by atoms with Gasteiger partial charge in [0.2, 0.25) is 0 Å². The largest absolute Gasteiger partial charge is 0.309 e. The number of carbonyl (C=O) groups is 1. The Morgan fingerprint density at radius 1 is 1.19 bits per heavy atom. The van der Waals surface area contributed by atoms with E-state index in [9.17, 15) is 19.2 Å². The van der Waals surface area contributed by atoms with E-state index in [0.29, 0.717) is 17.8 Å². The maximum atomic E-state index is 14.1. The van der Waals surface area contributed by atoms with Crippen LogP contribution in [0, 0.1) is 17.1 Å². The van der Waals surface area contributed by atoms with E-state index >= 15 is 0 Å². The van der Waals surface area contributed by atoms with Crippen molar-refractivity contribution in [2.75, 3.05) is 0 Å². The highest BCUT2D eigenvalue weighted by molar-refractivity contribution is 5.95. The normalized spacial score (nSPS) is 11.7. The van der Waals surface area contributed by atoms with Gasteiger partial charge in [-0.25, -0.2) is 9.37 Å². The van der Waals surface area contributed by atoms with Crippen molar-refractivity contribution in [3.63, 3.8) is 0 Å². The Morgan fingerprint density at radius 2 is 1.97 bits per heavy atom. The maximum absolute atomic E-state index is 14.1. The van der Waals surface area contributed by atoms with Crippen molar-refractivity contribution in [3.8, 4) is 6.07 Å². The molecule has 0 spiro atoms. The van der Waals surface area contributed by atoms with Gasteiger partial charge in [0.25, 0.3) is 11.5 Å². The van der Waals surface area contributed by atoms with Crippen LogP contribution in [0.15, 0.2) is 64.5 Å². The Hall–Kier alpha value is -4.12. The molecule has 0 saturated heterocycles. The minimum Gasteiger partial charge on any atom is -0.309 e. The quantitative estimate of drug-likeness (QED) is 0.358. The predicted octanol–water partition coefficient (Wildman–Crippen LogP) is 3.59. The van der Waals surface area contributed by atoms with Crippen LogP contribution in [0.2, 0.25) is 0 Å². The number of rotatable bonds is 5. The molecule has 32 heavy (non-hydrogen) atoms. The molecule has 3 aromatic heterocycles. The number of hydrogen-bond acceptors (Lipinski definition) is 4. The van der Waals surface area contributed by atoms with Crippen molar-refractivity contribution < 1.29 is 9.18 Å². The summed E-state index contributed by atoms with van der Waals surface area (Å²) in [6, 6.07) is 14.2. The summed E-state index contributed by atoms with van der Waals surface area (Å²) in [5, 5.41) is 10.0. The molecule has 0 aliphatic rings. The van der Waals surface area contributed by atoms with Crippen LogP contribution in [0.5, 0.6) is 0 Å². The molecular weight excluding hydrogens is 409 g/mol. The molecule has 0 unspecified atom stereocenters. The number of nitriles is 1. The number of amides is 1. The van der Waals surface area contributed by atoms with Crippen molar-refractivity contribution in [1.82, 2.24) is 14.0 Å². The molecule has 0 radical (unpaired) electrons. The van der Waals surface area contributed by atoms with Gasteiger partial charge >= 0.3 is 0 Å². The van der Waals surface area contributed by atoms with Crippen LogP contribution in [0.3, 0.4) is 0 Å². The van der Waals surface area contributed by atoms with E-state index in [1.165, 1.54) is 28.7 Å². The van der Waals surface area contributed by atoms with Gasteiger partial charge < -0.3 is 4.57 Å². The number of pyridine rings is 2. The lowest BCUT2D eigenvalue weighted by Crippen LogP contribution is -2.29. The minimum atomic E-state index is -0.805. The van der Waals surface area contributed by atoms with E-state index in [4.69, 9.17) is 0 Å². The summed E-state index contributed by atoms with van der Waals surface area (Å²) >= 11 is 0. The monoisotopic (exact) mass is 429 g/mol. The molecule has 8 heteroatoms. The Labute approximate surface area is 182 Å². The number of halogens is 1. The third-order valence-corrected chi connectivity index (χ3v) is 5.21. The number of benzene rings is 1. The standard InChI is InChI=1S/C24H20FN5O2/c1-2-3-7-13-30-21(28-23(31)17-9-4-5-10-19(17)25)16(15-26)14-18-22(30)27-20-11-6-8-12-29(20)24(18)32/h4-6,8-12,14H,2-3,7,13H2,1H3. The van der Waals surface area contributed by atoms with Gasteiger partial charge in [-0.1, -0.05) is 38.0 Å². The van der Waals surface area contributed by atoms with Crippen LogP contribution < -0.4 is 11.0 Å². The third kappa shape index (κ3) is 3.81. The van der Waals surface area contributed by atoms with Gasteiger partial charge in [0.1, 0.15) is 23.2 Å². The lowest BCUT2D eigenvalue weighted by atomic mass is 10.2. The first kappa shape index (κ1) is 21.1. The molecule has 4 aromatic rings. The first-order valence-corrected chi connectivity index (χ1v) is 10.3. The molecule has 4 rings (SSSR count). The lowest BCUT2D eigenvalue weighted by molar-refractivity contribution is 0.0993. The van der Waals surface area contributed by atoms with Crippen LogP contribution in [-0.2, 0) is 6.54 Å². The average Bonchev–Trinajstić information content (AvgIpc) is 2.80. The maximum Gasteiger partial charge on any atom is 0.281 e. The molecule has 0 bridgehead atoms. The van der Waals surface area contributed by atoms with E-state index in [0.717, 1.165) is 19.3 Å². The van der Waals surface area contributed by atoms with E-state index < -0.39 is 11.7 Å². The molecule has 160 valence electrons. The molecule has 1 amide bonds. The summed E-state index contributed by atoms with van der Waals surface area (Å²) in [5.74, 6) is -1.50. The molecule has 0 fully saturated rings. The predicted molar refractivity (Wildman–Crippen MR) is 117 cm³/mol. The molecular formula is C24H20FN5O2. The molecule has 0 saturated carbocycles. The molecule has 0 N–H and O–H groups in total. The van der Waals surface area contributed by atoms with Gasteiger partial charge in [-0.05, 0) is 36.8 Å². The van der Waals surface area contributed by atoms with Crippen LogP contribution in [0.25, 0.3) is 16.7 Å². The second-order valence-electron chi connectivity index (χ2n) is 7.33. The smallest absolute Gasteiger partial charge is 0.281 e. The molecule has 0 atom stereocenters. The highest BCUT2D eigenvalue weighted by Crippen LogP contribution is 2.13. The van der Waals surface area contributed by atoms with Crippen molar-refractivity contribution in [2.24, 2.45) is 4.99 Å². The first-order valence-electron chi connectivity index (χ1n) is 10.3. The fraction of sp³-hybridized carbons (Fsp3) is 0.208. The van der Waals surface area contributed by atoms with Crippen molar-refractivity contribution in [3.05, 3.63) is 87.5 Å². The van der Waals surface area contributed by atoms with Crippen LogP contribution >= 0.6 is 0 Å². The Bertz CT molecular complexity index is 1510. The van der Waals surface area contributed by atoms with E-state index in [2.05, 4.69) is 16.9 Å². The molecule has 0 aliphatic heterocycles. The number of aromatic nitrogens is 3. The van der Waals surface area contributed by atoms with Crippen LogP contribution in [0.1, 0.15) is 42.1 Å². The number of carbonyl (C=O) groups excluding carboxylic acids is 1. The highest BCUT2D eigenvalue weighted by Gasteiger charge is 2.16. The van der Waals surface area contributed by atoms with Crippen molar-refractivity contribution >= 4 is 22.6 Å². The molecule has 1 aromatic carbocycles. The first-order chi connectivity index (χ1) is 15.5.